The highest BCUT2D eigenvalue weighted by molar-refractivity contribution is 6.03. The quantitative estimate of drug-likeness (QED) is 0.896. The molecule has 2 aliphatic rings. The zero-order valence-electron chi connectivity index (χ0n) is 14.3. The molecule has 0 radical (unpaired) electrons. The molecule has 6 heteroatoms. The van der Waals surface area contributed by atoms with E-state index in [1.807, 2.05) is 48.5 Å². The van der Waals surface area contributed by atoms with Crippen LogP contribution in [0, 0.1) is 0 Å². The van der Waals surface area contributed by atoms with Crippen molar-refractivity contribution in [2.75, 3.05) is 18.2 Å². The number of amides is 2. The molecular weight excluding hydrogens is 332 g/mol. The molecule has 26 heavy (non-hydrogen) atoms. The number of carbonyl (C=O) groups excluding carboxylic acids is 2. The summed E-state index contributed by atoms with van der Waals surface area (Å²) in [5.41, 5.74) is 1.84. The van der Waals surface area contributed by atoms with Crippen LogP contribution in [0.2, 0.25) is 0 Å². The summed E-state index contributed by atoms with van der Waals surface area (Å²) < 4.78 is 10.7. The maximum atomic E-state index is 12.6. The Morgan fingerprint density at radius 1 is 1.12 bits per heavy atom. The molecule has 2 amide bonds. The van der Waals surface area contributed by atoms with E-state index < -0.39 is 6.04 Å². The van der Waals surface area contributed by atoms with E-state index in [-0.39, 0.29) is 18.6 Å². The van der Waals surface area contributed by atoms with Gasteiger partial charge in [-0.2, -0.15) is 0 Å². The van der Waals surface area contributed by atoms with Crippen molar-refractivity contribution in [1.29, 1.82) is 0 Å². The van der Waals surface area contributed by atoms with Crippen molar-refractivity contribution in [3.63, 3.8) is 0 Å². The Kier molecular flexibility index (Phi) is 4.48. The van der Waals surface area contributed by atoms with E-state index in [0.29, 0.717) is 25.8 Å². The molecule has 2 aromatic rings. The first-order valence-electron chi connectivity index (χ1n) is 8.76. The zero-order chi connectivity index (χ0) is 17.9. The van der Waals surface area contributed by atoms with Crippen molar-refractivity contribution in [2.24, 2.45) is 0 Å². The third-order valence-electron chi connectivity index (χ3n) is 4.70. The number of nitrogens with zero attached hydrogens (tertiary/aromatic N) is 1. The lowest BCUT2D eigenvalue weighted by Gasteiger charge is -2.24. The number of benzene rings is 2. The molecule has 1 atom stereocenters. The molecule has 2 heterocycles. The summed E-state index contributed by atoms with van der Waals surface area (Å²) in [6.07, 6.45) is 1.63. The predicted octanol–water partition coefficient (Wildman–Crippen LogP) is 2.27. The summed E-state index contributed by atoms with van der Waals surface area (Å²) in [7, 11) is 0. The second-order valence-electron chi connectivity index (χ2n) is 6.38. The Morgan fingerprint density at radius 2 is 1.92 bits per heavy atom. The number of hydrogen-bond acceptors (Lipinski definition) is 4. The van der Waals surface area contributed by atoms with Gasteiger partial charge in [0.15, 0.2) is 11.5 Å². The molecule has 0 aliphatic carbocycles. The van der Waals surface area contributed by atoms with Crippen LogP contribution in [-0.4, -0.2) is 31.2 Å². The molecular formula is C20H20N2O4. The van der Waals surface area contributed by atoms with Crippen LogP contribution in [0.25, 0.3) is 0 Å². The van der Waals surface area contributed by atoms with Gasteiger partial charge in [-0.1, -0.05) is 24.3 Å². The lowest BCUT2D eigenvalue weighted by Crippen LogP contribution is -2.45. The van der Waals surface area contributed by atoms with Crippen molar-refractivity contribution in [3.05, 3.63) is 54.1 Å². The van der Waals surface area contributed by atoms with E-state index in [1.54, 1.807) is 4.90 Å². The van der Waals surface area contributed by atoms with Gasteiger partial charge >= 0.3 is 0 Å². The van der Waals surface area contributed by atoms with E-state index >= 15 is 0 Å². The van der Waals surface area contributed by atoms with Crippen molar-refractivity contribution < 1.29 is 19.1 Å². The molecule has 0 aromatic heterocycles. The molecule has 4 rings (SSSR count). The van der Waals surface area contributed by atoms with Gasteiger partial charge < -0.3 is 14.8 Å². The van der Waals surface area contributed by atoms with E-state index in [4.69, 9.17) is 9.47 Å². The molecule has 0 bridgehead atoms. The van der Waals surface area contributed by atoms with Gasteiger partial charge in [0.1, 0.15) is 6.04 Å². The van der Waals surface area contributed by atoms with Gasteiger partial charge in [0.25, 0.3) is 0 Å². The number of ether oxygens (including phenoxy) is 2. The topological polar surface area (TPSA) is 67.9 Å². The lowest BCUT2D eigenvalue weighted by molar-refractivity contribution is -0.123. The maximum Gasteiger partial charge on any atom is 0.243 e. The summed E-state index contributed by atoms with van der Waals surface area (Å²) in [4.78, 5) is 26.4. The van der Waals surface area contributed by atoms with Crippen LogP contribution >= 0.6 is 0 Å². The zero-order valence-corrected chi connectivity index (χ0v) is 14.3. The molecule has 2 aromatic carbocycles. The van der Waals surface area contributed by atoms with Gasteiger partial charge in [0.05, 0.1) is 0 Å². The summed E-state index contributed by atoms with van der Waals surface area (Å²) in [5.74, 6) is 1.37. The van der Waals surface area contributed by atoms with Crippen molar-refractivity contribution in [2.45, 2.75) is 25.3 Å². The summed E-state index contributed by atoms with van der Waals surface area (Å²) >= 11 is 0. The van der Waals surface area contributed by atoms with Crippen LogP contribution in [0.5, 0.6) is 11.5 Å². The average molecular weight is 352 g/mol. The Labute approximate surface area is 151 Å². The minimum atomic E-state index is -0.443. The molecule has 1 saturated heterocycles. The number of rotatable bonds is 5. The smallest absolute Gasteiger partial charge is 0.243 e. The van der Waals surface area contributed by atoms with Crippen LogP contribution in [-0.2, 0) is 16.0 Å². The van der Waals surface area contributed by atoms with Crippen LogP contribution in [0.3, 0.4) is 0 Å². The molecule has 6 nitrogen and oxygen atoms in total. The maximum absolute atomic E-state index is 12.6. The number of anilines is 1. The second-order valence-corrected chi connectivity index (χ2v) is 6.38. The first kappa shape index (κ1) is 16.4. The van der Waals surface area contributed by atoms with Crippen molar-refractivity contribution in [1.82, 2.24) is 5.32 Å². The van der Waals surface area contributed by atoms with Gasteiger partial charge in [0.2, 0.25) is 18.6 Å². The molecule has 1 unspecified atom stereocenters. The normalized spacial score (nSPS) is 18.2. The molecule has 1 fully saturated rings. The largest absolute Gasteiger partial charge is 0.454 e. The first-order valence-corrected chi connectivity index (χ1v) is 8.76. The van der Waals surface area contributed by atoms with Crippen LogP contribution < -0.4 is 19.7 Å². The van der Waals surface area contributed by atoms with Gasteiger partial charge in [0, 0.05) is 18.7 Å². The third kappa shape index (κ3) is 3.22. The molecule has 0 spiro atoms. The van der Waals surface area contributed by atoms with Gasteiger partial charge in [-0.15, -0.1) is 0 Å². The minimum Gasteiger partial charge on any atom is -0.454 e. The van der Waals surface area contributed by atoms with Crippen LogP contribution in [0.4, 0.5) is 5.69 Å². The lowest BCUT2D eigenvalue weighted by atomic mass is 10.1. The summed E-state index contributed by atoms with van der Waals surface area (Å²) in [5, 5.41) is 2.96. The summed E-state index contributed by atoms with van der Waals surface area (Å²) in [6.45, 7) is 0.756. The van der Waals surface area contributed by atoms with Crippen molar-refractivity contribution >= 4 is 17.5 Å². The highest BCUT2D eigenvalue weighted by Crippen LogP contribution is 2.32. The Hall–Kier alpha value is -3.02. The third-order valence-corrected chi connectivity index (χ3v) is 4.70. The number of nitrogens with one attached hydrogen (secondary N) is 1. The molecule has 134 valence electrons. The second kappa shape index (κ2) is 7.07. The van der Waals surface area contributed by atoms with Gasteiger partial charge in [-0.3, -0.25) is 14.5 Å². The number of para-hydroxylation sites is 1. The van der Waals surface area contributed by atoms with Gasteiger partial charge in [-0.25, -0.2) is 0 Å². The monoisotopic (exact) mass is 352 g/mol. The minimum absolute atomic E-state index is 0.00730. The Balaban J connectivity index is 1.36. The highest BCUT2D eigenvalue weighted by atomic mass is 16.7. The molecule has 1 N–H and O–H groups in total. The first-order chi connectivity index (χ1) is 12.7. The Morgan fingerprint density at radius 3 is 2.77 bits per heavy atom. The predicted molar refractivity (Wildman–Crippen MR) is 96.2 cm³/mol. The standard InChI is InChI=1S/C20H20N2O4/c23-19-9-7-16(22(19)15-4-2-1-3-5-15)20(24)21-11-10-14-6-8-17-18(12-14)26-13-25-17/h1-6,8,12,16H,7,9-11,13H2,(H,21,24). The van der Waals surface area contributed by atoms with Crippen molar-refractivity contribution in [3.8, 4) is 11.5 Å². The number of fused-ring (bicyclic) bond motifs is 1. The van der Waals surface area contributed by atoms with Crippen LogP contribution in [0.15, 0.2) is 48.5 Å². The molecule has 2 aliphatic heterocycles. The Bertz CT molecular complexity index is 822. The van der Waals surface area contributed by atoms with E-state index in [1.165, 1.54) is 0 Å². The van der Waals surface area contributed by atoms with Crippen LogP contribution in [0.1, 0.15) is 18.4 Å². The van der Waals surface area contributed by atoms with Gasteiger partial charge in [-0.05, 0) is 42.7 Å². The fraction of sp³-hybridized carbons (Fsp3) is 0.300. The number of carbonyl (C=O) groups is 2. The summed E-state index contributed by atoms with van der Waals surface area (Å²) in [6, 6.07) is 14.7. The van der Waals surface area contributed by atoms with E-state index in [9.17, 15) is 9.59 Å². The average Bonchev–Trinajstić information content (AvgIpc) is 3.28. The van der Waals surface area contributed by atoms with E-state index in [2.05, 4.69) is 5.32 Å². The number of hydrogen-bond donors (Lipinski definition) is 1. The molecule has 0 saturated carbocycles. The highest BCUT2D eigenvalue weighted by Gasteiger charge is 2.36. The fourth-order valence-electron chi connectivity index (χ4n) is 3.39. The SMILES string of the molecule is O=C(NCCc1ccc2c(c1)OCO2)C1CCC(=O)N1c1ccccc1. The van der Waals surface area contributed by atoms with E-state index in [0.717, 1.165) is 22.7 Å². The fourth-order valence-corrected chi connectivity index (χ4v) is 3.39.